The molecule has 1 aliphatic carbocycles. The predicted molar refractivity (Wildman–Crippen MR) is 84.8 cm³/mol. The highest BCUT2D eigenvalue weighted by Gasteiger charge is 2.29. The van der Waals surface area contributed by atoms with Crippen LogP contribution in [0.1, 0.15) is 28.1 Å². The molecule has 0 saturated heterocycles. The van der Waals surface area contributed by atoms with E-state index in [4.69, 9.17) is 0 Å². The van der Waals surface area contributed by atoms with Gasteiger partial charge in [-0.15, -0.1) is 11.3 Å². The van der Waals surface area contributed by atoms with Gasteiger partial charge in [-0.05, 0) is 48.9 Å². The Morgan fingerprint density at radius 2 is 1.81 bits per heavy atom. The topological polar surface area (TPSA) is 58.2 Å². The number of benzene rings is 1. The van der Waals surface area contributed by atoms with E-state index in [1.165, 1.54) is 11.3 Å². The summed E-state index contributed by atoms with van der Waals surface area (Å²) in [5, 5.41) is 7.69. The van der Waals surface area contributed by atoms with Crippen molar-refractivity contribution in [2.24, 2.45) is 5.92 Å². The lowest BCUT2D eigenvalue weighted by Crippen LogP contribution is -2.16. The Morgan fingerprint density at radius 3 is 2.43 bits per heavy atom. The van der Waals surface area contributed by atoms with Crippen molar-refractivity contribution in [1.29, 1.82) is 0 Å². The second-order valence-corrected chi connectivity index (χ2v) is 6.12. The minimum Gasteiger partial charge on any atom is -0.326 e. The molecule has 1 aromatic carbocycles. The number of nitrogens with one attached hydrogen (secondary N) is 2. The molecule has 0 bridgehead atoms. The number of carbonyl (C=O) groups excluding carboxylic acids is 2. The van der Waals surface area contributed by atoms with E-state index in [9.17, 15) is 9.59 Å². The smallest absolute Gasteiger partial charge is 0.265 e. The average Bonchev–Trinajstić information content (AvgIpc) is 3.18. The maximum absolute atomic E-state index is 12.1. The molecule has 1 aliphatic rings. The zero-order valence-electron chi connectivity index (χ0n) is 11.7. The molecule has 21 heavy (non-hydrogen) atoms. The predicted octanol–water partition coefficient (Wildman–Crippen LogP) is 3.66. The van der Waals surface area contributed by atoms with Gasteiger partial charge in [-0.1, -0.05) is 12.1 Å². The second-order valence-electron chi connectivity index (χ2n) is 5.17. The molecule has 2 aromatic rings. The third kappa shape index (κ3) is 3.13. The number of anilines is 2. The van der Waals surface area contributed by atoms with E-state index in [2.05, 4.69) is 10.6 Å². The van der Waals surface area contributed by atoms with E-state index in [1.54, 1.807) is 6.07 Å². The van der Waals surface area contributed by atoms with Crippen LogP contribution in [0, 0.1) is 12.8 Å². The number of carbonyl (C=O) groups is 2. The van der Waals surface area contributed by atoms with Gasteiger partial charge in [0, 0.05) is 17.3 Å². The Bertz CT molecular complexity index is 676. The van der Waals surface area contributed by atoms with E-state index < -0.39 is 0 Å². The van der Waals surface area contributed by atoms with Crippen LogP contribution in [0.25, 0.3) is 0 Å². The molecule has 0 spiro atoms. The first-order valence-corrected chi connectivity index (χ1v) is 7.78. The van der Waals surface area contributed by atoms with Crippen molar-refractivity contribution < 1.29 is 9.59 Å². The van der Waals surface area contributed by atoms with Crippen LogP contribution >= 0.6 is 11.3 Å². The van der Waals surface area contributed by atoms with Gasteiger partial charge in [0.1, 0.15) is 0 Å². The summed E-state index contributed by atoms with van der Waals surface area (Å²) >= 11 is 1.40. The fourth-order valence-corrected chi connectivity index (χ4v) is 2.70. The van der Waals surface area contributed by atoms with Crippen molar-refractivity contribution in [3.8, 4) is 0 Å². The first kappa shape index (κ1) is 13.8. The minimum atomic E-state index is -0.126. The maximum Gasteiger partial charge on any atom is 0.265 e. The minimum absolute atomic E-state index is 0.0693. The van der Waals surface area contributed by atoms with Gasteiger partial charge in [0.05, 0.1) is 4.88 Å². The van der Waals surface area contributed by atoms with Crippen LogP contribution in [0.4, 0.5) is 11.4 Å². The molecule has 0 atom stereocenters. The van der Waals surface area contributed by atoms with E-state index in [1.807, 2.05) is 36.6 Å². The van der Waals surface area contributed by atoms with Gasteiger partial charge in [-0.2, -0.15) is 0 Å². The van der Waals surface area contributed by atoms with Crippen LogP contribution in [0.3, 0.4) is 0 Å². The highest BCUT2D eigenvalue weighted by molar-refractivity contribution is 7.12. The van der Waals surface area contributed by atoms with E-state index in [0.29, 0.717) is 4.88 Å². The first-order chi connectivity index (χ1) is 10.1. The van der Waals surface area contributed by atoms with Crippen LogP contribution in [0.2, 0.25) is 0 Å². The van der Waals surface area contributed by atoms with E-state index in [-0.39, 0.29) is 17.7 Å². The van der Waals surface area contributed by atoms with Crippen LogP contribution < -0.4 is 10.6 Å². The molecule has 1 saturated carbocycles. The highest BCUT2D eigenvalue weighted by Crippen LogP contribution is 2.31. The van der Waals surface area contributed by atoms with Crippen molar-refractivity contribution in [1.82, 2.24) is 0 Å². The number of thiophene rings is 1. The van der Waals surface area contributed by atoms with Gasteiger partial charge in [0.15, 0.2) is 0 Å². The molecule has 1 fully saturated rings. The zero-order chi connectivity index (χ0) is 14.8. The molecule has 0 aliphatic heterocycles. The van der Waals surface area contributed by atoms with Crippen molar-refractivity contribution in [3.63, 3.8) is 0 Å². The molecule has 2 N–H and O–H groups in total. The fraction of sp³-hybridized carbons (Fsp3) is 0.250. The SMILES string of the molecule is Cc1c(NC(=O)c2cccs2)cccc1NC(=O)C1CC1. The maximum atomic E-state index is 12.1. The van der Waals surface area contributed by atoms with E-state index in [0.717, 1.165) is 29.8 Å². The molecule has 5 heteroatoms. The lowest BCUT2D eigenvalue weighted by molar-refractivity contribution is -0.117. The number of rotatable bonds is 4. The Labute approximate surface area is 127 Å². The molecule has 0 unspecified atom stereocenters. The van der Waals surface area contributed by atoms with Crippen LogP contribution in [0.5, 0.6) is 0 Å². The summed E-state index contributed by atoms with van der Waals surface area (Å²) in [5.41, 5.74) is 2.36. The molecule has 2 amide bonds. The normalized spacial score (nSPS) is 13.8. The summed E-state index contributed by atoms with van der Waals surface area (Å²) in [6.45, 7) is 1.90. The lowest BCUT2D eigenvalue weighted by Gasteiger charge is -2.13. The van der Waals surface area contributed by atoms with Crippen molar-refractivity contribution in [2.45, 2.75) is 19.8 Å². The third-order valence-corrected chi connectivity index (χ3v) is 4.40. The average molecular weight is 300 g/mol. The third-order valence-electron chi connectivity index (χ3n) is 3.53. The Kier molecular flexibility index (Phi) is 3.75. The van der Waals surface area contributed by atoms with Gasteiger partial charge in [-0.25, -0.2) is 0 Å². The molecule has 3 rings (SSSR count). The van der Waals surface area contributed by atoms with E-state index >= 15 is 0 Å². The van der Waals surface area contributed by atoms with Crippen molar-refractivity contribution in [3.05, 3.63) is 46.2 Å². The Balaban J connectivity index is 1.76. The van der Waals surface area contributed by atoms with Crippen LogP contribution in [-0.2, 0) is 4.79 Å². The monoisotopic (exact) mass is 300 g/mol. The largest absolute Gasteiger partial charge is 0.326 e. The van der Waals surface area contributed by atoms with Gasteiger partial charge >= 0.3 is 0 Å². The summed E-state index contributed by atoms with van der Waals surface area (Å²) in [7, 11) is 0. The second kappa shape index (κ2) is 5.69. The number of amides is 2. The zero-order valence-corrected chi connectivity index (χ0v) is 12.5. The van der Waals surface area contributed by atoms with Crippen LogP contribution in [0.15, 0.2) is 35.7 Å². The Hall–Kier alpha value is -2.14. The van der Waals surface area contributed by atoms with Gasteiger partial charge < -0.3 is 10.6 Å². The standard InChI is InChI=1S/C16H16N2O2S/c1-10-12(17-15(19)11-7-8-11)4-2-5-13(10)18-16(20)14-6-3-9-21-14/h2-6,9,11H,7-8H2,1H3,(H,17,19)(H,18,20). The lowest BCUT2D eigenvalue weighted by atomic mass is 10.1. The van der Waals surface area contributed by atoms with Crippen molar-refractivity contribution in [2.75, 3.05) is 10.6 Å². The summed E-state index contributed by atoms with van der Waals surface area (Å²) in [4.78, 5) is 24.6. The van der Waals surface area contributed by atoms with Gasteiger partial charge in [-0.3, -0.25) is 9.59 Å². The van der Waals surface area contributed by atoms with Gasteiger partial charge in [0.2, 0.25) is 5.91 Å². The molecule has 4 nitrogen and oxygen atoms in total. The summed E-state index contributed by atoms with van der Waals surface area (Å²) in [6, 6.07) is 9.16. The molecule has 1 heterocycles. The molecule has 0 radical (unpaired) electrons. The summed E-state index contributed by atoms with van der Waals surface area (Å²) in [6.07, 6.45) is 1.94. The number of hydrogen-bond donors (Lipinski definition) is 2. The first-order valence-electron chi connectivity index (χ1n) is 6.90. The molecular weight excluding hydrogens is 284 g/mol. The summed E-state index contributed by atoms with van der Waals surface area (Å²) in [5.74, 6) is 0.104. The van der Waals surface area contributed by atoms with Gasteiger partial charge in [0.25, 0.3) is 5.91 Å². The number of hydrogen-bond acceptors (Lipinski definition) is 3. The molecule has 1 aromatic heterocycles. The summed E-state index contributed by atoms with van der Waals surface area (Å²) < 4.78 is 0. The Morgan fingerprint density at radius 1 is 1.10 bits per heavy atom. The fourth-order valence-electron chi connectivity index (χ4n) is 2.08. The highest BCUT2D eigenvalue weighted by atomic mass is 32.1. The molecule has 108 valence electrons. The van der Waals surface area contributed by atoms with Crippen LogP contribution in [-0.4, -0.2) is 11.8 Å². The van der Waals surface area contributed by atoms with Crippen molar-refractivity contribution >= 4 is 34.5 Å². The quantitative estimate of drug-likeness (QED) is 0.905. The molecular formula is C16H16N2O2S.